The van der Waals surface area contributed by atoms with Crippen LogP contribution in [0.5, 0.6) is 0 Å². The largest absolute Gasteiger partial charge is 0.352 e. The maximum Gasteiger partial charge on any atom is 0.352 e. The summed E-state index contributed by atoms with van der Waals surface area (Å²) in [6.45, 7) is 1.88. The molecule has 8 nitrogen and oxygen atoms in total. The van der Waals surface area contributed by atoms with Crippen LogP contribution in [0.3, 0.4) is 0 Å². The summed E-state index contributed by atoms with van der Waals surface area (Å²) in [5.74, 6) is -0.787. The van der Waals surface area contributed by atoms with Gasteiger partial charge >= 0.3 is 5.69 Å². The van der Waals surface area contributed by atoms with Gasteiger partial charge in [0.15, 0.2) is 0 Å². The van der Waals surface area contributed by atoms with Crippen LogP contribution < -0.4 is 16.6 Å². The molecule has 10 heteroatoms. The highest BCUT2D eigenvalue weighted by molar-refractivity contribution is 6.31. The smallest absolute Gasteiger partial charge is 0.324 e. The number of nitrogens with zero attached hydrogens (tertiary/aromatic N) is 4. The maximum absolute atomic E-state index is 13.0. The first kappa shape index (κ1) is 19.8. The molecule has 0 aliphatic rings. The molecule has 2 aromatic heterocycles. The van der Waals surface area contributed by atoms with E-state index in [0.717, 1.165) is 4.68 Å². The second-order valence-corrected chi connectivity index (χ2v) is 7.19. The first-order chi connectivity index (χ1) is 14.4. The predicted molar refractivity (Wildman–Crippen MR) is 112 cm³/mol. The maximum atomic E-state index is 13.0. The zero-order chi connectivity index (χ0) is 21.4. The van der Waals surface area contributed by atoms with Crippen LogP contribution in [0.1, 0.15) is 13.3 Å². The number of aryl methyl sites for hydroxylation is 1. The van der Waals surface area contributed by atoms with Crippen LogP contribution in [-0.2, 0) is 17.9 Å². The van der Waals surface area contributed by atoms with E-state index in [4.69, 9.17) is 11.6 Å². The zero-order valence-electron chi connectivity index (χ0n) is 15.9. The van der Waals surface area contributed by atoms with Crippen molar-refractivity contribution in [3.63, 3.8) is 0 Å². The molecule has 0 radical (unpaired) electrons. The number of benzene rings is 2. The van der Waals surface area contributed by atoms with Crippen LogP contribution in [0, 0.1) is 5.82 Å². The molecule has 1 N–H and O–H groups in total. The highest BCUT2D eigenvalue weighted by Gasteiger charge is 2.18. The molecule has 4 aromatic rings. The second kappa shape index (κ2) is 7.75. The van der Waals surface area contributed by atoms with Crippen LogP contribution >= 0.6 is 11.6 Å². The van der Waals surface area contributed by atoms with E-state index < -0.39 is 17.4 Å². The van der Waals surface area contributed by atoms with Crippen LogP contribution in [0.2, 0.25) is 5.02 Å². The molecule has 0 aliphatic heterocycles. The molecular weight excluding hydrogens is 413 g/mol. The van der Waals surface area contributed by atoms with Crippen molar-refractivity contribution in [3.05, 3.63) is 74.1 Å². The summed E-state index contributed by atoms with van der Waals surface area (Å²) >= 11 is 6.04. The second-order valence-electron chi connectivity index (χ2n) is 6.75. The number of nitrogens with one attached hydrogen (secondary N) is 1. The van der Waals surface area contributed by atoms with E-state index in [2.05, 4.69) is 10.4 Å². The van der Waals surface area contributed by atoms with Gasteiger partial charge in [0.2, 0.25) is 11.7 Å². The SMILES string of the molecule is CCCn1c(=O)c2cc(Cl)ccc2n2c(=O)n(CC(=O)Nc3ccc(F)cc3)nc12. The van der Waals surface area contributed by atoms with Crippen molar-refractivity contribution in [1.82, 2.24) is 18.7 Å². The molecular formula is C20H17ClFN5O3. The molecule has 0 aliphatic carbocycles. The molecule has 0 bridgehead atoms. The molecule has 0 spiro atoms. The quantitative estimate of drug-likeness (QED) is 0.528. The van der Waals surface area contributed by atoms with Gasteiger partial charge in [-0.25, -0.2) is 18.3 Å². The number of fused-ring (bicyclic) bond motifs is 3. The molecule has 1 amide bonds. The van der Waals surface area contributed by atoms with Crippen LogP contribution in [0.4, 0.5) is 10.1 Å². The summed E-state index contributed by atoms with van der Waals surface area (Å²) in [5.41, 5.74) is -0.116. The van der Waals surface area contributed by atoms with Crippen molar-refractivity contribution in [2.75, 3.05) is 5.32 Å². The van der Waals surface area contributed by atoms with E-state index in [1.807, 2.05) is 6.92 Å². The Balaban J connectivity index is 1.81. The van der Waals surface area contributed by atoms with Gasteiger partial charge in [-0.05, 0) is 48.9 Å². The average Bonchev–Trinajstić information content (AvgIpc) is 3.03. The number of halogens is 2. The van der Waals surface area contributed by atoms with Gasteiger partial charge in [0.05, 0.1) is 10.9 Å². The summed E-state index contributed by atoms with van der Waals surface area (Å²) in [4.78, 5) is 38.3. The van der Waals surface area contributed by atoms with E-state index in [1.165, 1.54) is 39.3 Å². The average molecular weight is 430 g/mol. The lowest BCUT2D eigenvalue weighted by Crippen LogP contribution is -2.29. The molecule has 2 aromatic carbocycles. The minimum Gasteiger partial charge on any atom is -0.324 e. The molecule has 0 saturated heterocycles. The highest BCUT2D eigenvalue weighted by Crippen LogP contribution is 2.17. The number of hydrogen-bond donors (Lipinski definition) is 1. The molecule has 30 heavy (non-hydrogen) atoms. The minimum absolute atomic E-state index is 0.149. The third kappa shape index (κ3) is 3.48. The Morgan fingerprint density at radius 3 is 2.60 bits per heavy atom. The van der Waals surface area contributed by atoms with E-state index in [9.17, 15) is 18.8 Å². The van der Waals surface area contributed by atoms with Crippen molar-refractivity contribution in [1.29, 1.82) is 0 Å². The van der Waals surface area contributed by atoms with Crippen LogP contribution in [0.15, 0.2) is 52.1 Å². The molecule has 2 heterocycles. The number of carbonyl (C=O) groups excluding carboxylic acids is 1. The fraction of sp³-hybridized carbons (Fsp3) is 0.200. The van der Waals surface area contributed by atoms with Gasteiger partial charge in [-0.1, -0.05) is 18.5 Å². The van der Waals surface area contributed by atoms with Crippen molar-refractivity contribution >= 4 is 39.9 Å². The van der Waals surface area contributed by atoms with E-state index in [1.54, 1.807) is 12.1 Å². The van der Waals surface area contributed by atoms with Crippen molar-refractivity contribution < 1.29 is 9.18 Å². The molecule has 0 fully saturated rings. The van der Waals surface area contributed by atoms with Gasteiger partial charge in [-0.15, -0.1) is 5.10 Å². The molecule has 154 valence electrons. The fourth-order valence-corrected chi connectivity index (χ4v) is 3.46. The highest BCUT2D eigenvalue weighted by atomic mass is 35.5. The molecule has 0 atom stereocenters. The standard InChI is InChI=1S/C20H17ClFN5O3/c1-2-9-25-18(29)15-10-12(21)3-8-16(15)27-19(25)24-26(20(27)30)11-17(28)23-14-6-4-13(22)5-7-14/h3-8,10H,2,9,11H2,1H3,(H,23,28). The lowest BCUT2D eigenvalue weighted by molar-refractivity contribution is -0.117. The Bertz CT molecular complexity index is 1390. The zero-order valence-corrected chi connectivity index (χ0v) is 16.7. The fourth-order valence-electron chi connectivity index (χ4n) is 3.29. The first-order valence-corrected chi connectivity index (χ1v) is 9.64. The van der Waals surface area contributed by atoms with E-state index in [0.29, 0.717) is 34.6 Å². The van der Waals surface area contributed by atoms with E-state index >= 15 is 0 Å². The summed E-state index contributed by atoms with van der Waals surface area (Å²) < 4.78 is 16.7. The van der Waals surface area contributed by atoms with Crippen LogP contribution in [0.25, 0.3) is 16.7 Å². The Labute approximate surface area is 174 Å². The summed E-state index contributed by atoms with van der Waals surface area (Å²) in [5, 5.41) is 7.49. The van der Waals surface area contributed by atoms with Gasteiger partial charge < -0.3 is 5.32 Å². The number of amides is 1. The number of rotatable bonds is 5. The van der Waals surface area contributed by atoms with E-state index in [-0.39, 0.29) is 17.9 Å². The van der Waals surface area contributed by atoms with Gasteiger partial charge in [-0.2, -0.15) is 0 Å². The number of carbonyl (C=O) groups is 1. The lowest BCUT2D eigenvalue weighted by atomic mass is 10.2. The summed E-state index contributed by atoms with van der Waals surface area (Å²) in [6, 6.07) is 9.93. The van der Waals surface area contributed by atoms with Gasteiger partial charge in [0, 0.05) is 17.3 Å². The monoisotopic (exact) mass is 429 g/mol. The van der Waals surface area contributed by atoms with Gasteiger partial charge in [0.1, 0.15) is 12.4 Å². The summed E-state index contributed by atoms with van der Waals surface area (Å²) in [6.07, 6.45) is 0.647. The number of aromatic nitrogens is 4. The summed E-state index contributed by atoms with van der Waals surface area (Å²) in [7, 11) is 0. The van der Waals surface area contributed by atoms with Crippen LogP contribution in [-0.4, -0.2) is 24.7 Å². The minimum atomic E-state index is -0.559. The number of anilines is 1. The normalized spacial score (nSPS) is 11.3. The number of hydrogen-bond acceptors (Lipinski definition) is 4. The Morgan fingerprint density at radius 1 is 1.17 bits per heavy atom. The third-order valence-electron chi connectivity index (χ3n) is 4.61. The third-order valence-corrected chi connectivity index (χ3v) is 4.84. The topological polar surface area (TPSA) is 90.4 Å². The Kier molecular flexibility index (Phi) is 5.13. The Morgan fingerprint density at radius 2 is 1.90 bits per heavy atom. The van der Waals surface area contributed by atoms with Crippen molar-refractivity contribution in [2.24, 2.45) is 0 Å². The van der Waals surface area contributed by atoms with Gasteiger partial charge in [0.25, 0.3) is 5.56 Å². The van der Waals surface area contributed by atoms with Gasteiger partial charge in [-0.3, -0.25) is 14.2 Å². The first-order valence-electron chi connectivity index (χ1n) is 9.26. The molecule has 0 unspecified atom stereocenters. The predicted octanol–water partition coefficient (Wildman–Crippen LogP) is 2.65. The lowest BCUT2D eigenvalue weighted by Gasteiger charge is -2.08. The van der Waals surface area contributed by atoms with Crippen molar-refractivity contribution in [2.45, 2.75) is 26.4 Å². The molecule has 4 rings (SSSR count). The molecule has 0 saturated carbocycles. The van der Waals surface area contributed by atoms with Crippen molar-refractivity contribution in [3.8, 4) is 0 Å². The Hall–Kier alpha value is -3.46.